The van der Waals surface area contributed by atoms with Crippen LogP contribution >= 0.6 is 11.6 Å². The van der Waals surface area contributed by atoms with Gasteiger partial charge in [0, 0.05) is 14.0 Å². The lowest BCUT2D eigenvalue weighted by atomic mass is 10.3. The van der Waals surface area contributed by atoms with Gasteiger partial charge in [0.25, 0.3) is 0 Å². The number of amides is 1. The second-order valence-electron chi connectivity index (χ2n) is 3.82. The first-order valence-electron chi connectivity index (χ1n) is 5.27. The molecular weight excluding hydrogens is 254 g/mol. The SMILES string of the molecule is CC(=O)N(C)c1cn(-c2cncnc2Cl)nc1C. The van der Waals surface area contributed by atoms with Crippen molar-refractivity contribution in [1.82, 2.24) is 19.7 Å². The summed E-state index contributed by atoms with van der Waals surface area (Å²) in [5.41, 5.74) is 2.03. The minimum absolute atomic E-state index is 0.0620. The van der Waals surface area contributed by atoms with Crippen molar-refractivity contribution in [2.75, 3.05) is 11.9 Å². The van der Waals surface area contributed by atoms with Crippen LogP contribution in [0.15, 0.2) is 18.7 Å². The summed E-state index contributed by atoms with van der Waals surface area (Å²) in [7, 11) is 1.69. The molecule has 0 fully saturated rings. The number of aryl methyl sites for hydroxylation is 1. The molecule has 0 aliphatic heterocycles. The Morgan fingerprint density at radius 2 is 2.22 bits per heavy atom. The van der Waals surface area contributed by atoms with Crippen molar-refractivity contribution >= 4 is 23.2 Å². The summed E-state index contributed by atoms with van der Waals surface area (Å²) in [6.07, 6.45) is 4.66. The van der Waals surface area contributed by atoms with E-state index in [1.165, 1.54) is 18.2 Å². The van der Waals surface area contributed by atoms with Gasteiger partial charge >= 0.3 is 0 Å². The minimum atomic E-state index is -0.0620. The molecule has 2 aromatic rings. The highest BCUT2D eigenvalue weighted by Gasteiger charge is 2.14. The van der Waals surface area contributed by atoms with Crippen molar-refractivity contribution < 1.29 is 4.79 Å². The Morgan fingerprint density at radius 1 is 1.50 bits per heavy atom. The van der Waals surface area contributed by atoms with Gasteiger partial charge in [0.15, 0.2) is 5.15 Å². The molecule has 2 aromatic heterocycles. The Balaban J connectivity index is 2.47. The summed E-state index contributed by atoms with van der Waals surface area (Å²) in [6.45, 7) is 3.32. The van der Waals surface area contributed by atoms with E-state index in [0.29, 0.717) is 10.8 Å². The molecule has 1 amide bonds. The monoisotopic (exact) mass is 265 g/mol. The van der Waals surface area contributed by atoms with Gasteiger partial charge in [0.2, 0.25) is 5.91 Å². The highest BCUT2D eigenvalue weighted by Crippen LogP contribution is 2.22. The molecule has 2 heterocycles. The number of carbonyl (C=O) groups excluding carboxylic acids is 1. The molecule has 0 saturated heterocycles. The molecular formula is C11H12ClN5O. The first-order chi connectivity index (χ1) is 8.50. The molecule has 7 heteroatoms. The molecule has 0 spiro atoms. The maximum Gasteiger partial charge on any atom is 0.223 e. The van der Waals surface area contributed by atoms with Crippen LogP contribution in [-0.4, -0.2) is 32.7 Å². The Hall–Kier alpha value is -1.95. The van der Waals surface area contributed by atoms with E-state index in [0.717, 1.165) is 11.4 Å². The Bertz CT molecular complexity index is 595. The van der Waals surface area contributed by atoms with Gasteiger partial charge in [-0.25, -0.2) is 14.6 Å². The number of carbonyl (C=O) groups is 1. The van der Waals surface area contributed by atoms with E-state index in [1.54, 1.807) is 24.1 Å². The summed E-state index contributed by atoms with van der Waals surface area (Å²) >= 11 is 5.97. The standard InChI is InChI=1S/C11H12ClN5O/c1-7-10(16(3)8(2)18)5-17(15-7)9-4-13-6-14-11(9)12/h4-6H,1-3H3. The molecule has 0 N–H and O–H groups in total. The molecule has 0 aromatic carbocycles. The number of anilines is 1. The quantitative estimate of drug-likeness (QED) is 0.774. The number of aromatic nitrogens is 4. The number of nitrogens with zero attached hydrogens (tertiary/aromatic N) is 5. The van der Waals surface area contributed by atoms with Gasteiger partial charge in [0.05, 0.1) is 23.8 Å². The van der Waals surface area contributed by atoms with E-state index < -0.39 is 0 Å². The number of halogens is 1. The second kappa shape index (κ2) is 4.73. The third kappa shape index (κ3) is 2.19. The van der Waals surface area contributed by atoms with E-state index in [9.17, 15) is 4.79 Å². The zero-order valence-corrected chi connectivity index (χ0v) is 11.0. The average molecular weight is 266 g/mol. The first kappa shape index (κ1) is 12.5. The Labute approximate surface area is 109 Å². The summed E-state index contributed by atoms with van der Waals surface area (Å²) < 4.78 is 1.56. The fourth-order valence-electron chi connectivity index (χ4n) is 1.53. The van der Waals surface area contributed by atoms with Crippen molar-refractivity contribution in [3.8, 4) is 5.69 Å². The molecule has 6 nitrogen and oxygen atoms in total. The molecule has 0 saturated carbocycles. The largest absolute Gasteiger partial charge is 0.313 e. The summed E-state index contributed by atoms with van der Waals surface area (Å²) in [5.74, 6) is -0.0620. The summed E-state index contributed by atoms with van der Waals surface area (Å²) in [4.78, 5) is 20.7. The van der Waals surface area contributed by atoms with Crippen LogP contribution in [0.3, 0.4) is 0 Å². The van der Waals surface area contributed by atoms with E-state index in [-0.39, 0.29) is 5.91 Å². The third-order valence-electron chi connectivity index (χ3n) is 2.60. The average Bonchev–Trinajstić information content (AvgIpc) is 2.70. The molecule has 0 bridgehead atoms. The van der Waals surface area contributed by atoms with Crippen molar-refractivity contribution in [3.63, 3.8) is 0 Å². The topological polar surface area (TPSA) is 63.9 Å². The lowest BCUT2D eigenvalue weighted by Crippen LogP contribution is -2.22. The van der Waals surface area contributed by atoms with Crippen LogP contribution in [0.5, 0.6) is 0 Å². The molecule has 0 radical (unpaired) electrons. The van der Waals surface area contributed by atoms with E-state index >= 15 is 0 Å². The van der Waals surface area contributed by atoms with Gasteiger partial charge in [-0.3, -0.25) is 4.79 Å². The van der Waals surface area contributed by atoms with Crippen LogP contribution in [0, 0.1) is 6.92 Å². The van der Waals surface area contributed by atoms with Gasteiger partial charge in [-0.2, -0.15) is 5.10 Å². The normalized spacial score (nSPS) is 10.4. The highest BCUT2D eigenvalue weighted by atomic mass is 35.5. The molecule has 0 aliphatic rings. The van der Waals surface area contributed by atoms with Gasteiger partial charge in [-0.15, -0.1) is 0 Å². The fourth-order valence-corrected chi connectivity index (χ4v) is 1.71. The summed E-state index contributed by atoms with van der Waals surface area (Å²) in [5, 5.41) is 4.61. The molecule has 94 valence electrons. The molecule has 2 rings (SSSR count). The van der Waals surface area contributed by atoms with Crippen LogP contribution in [0.1, 0.15) is 12.6 Å². The maximum absolute atomic E-state index is 11.3. The third-order valence-corrected chi connectivity index (χ3v) is 2.89. The first-order valence-corrected chi connectivity index (χ1v) is 5.65. The minimum Gasteiger partial charge on any atom is -0.313 e. The van der Waals surface area contributed by atoms with Gasteiger partial charge in [-0.1, -0.05) is 11.6 Å². The van der Waals surface area contributed by atoms with Gasteiger partial charge in [-0.05, 0) is 6.92 Å². The van der Waals surface area contributed by atoms with Gasteiger partial charge in [0.1, 0.15) is 12.0 Å². The van der Waals surface area contributed by atoms with E-state index in [4.69, 9.17) is 11.6 Å². The Morgan fingerprint density at radius 3 is 2.83 bits per heavy atom. The predicted octanol–water partition coefficient (Wildman–Crippen LogP) is 1.61. The fraction of sp³-hybridized carbons (Fsp3) is 0.273. The van der Waals surface area contributed by atoms with Crippen LogP contribution < -0.4 is 4.90 Å². The smallest absolute Gasteiger partial charge is 0.223 e. The van der Waals surface area contributed by atoms with Crippen LogP contribution in [0.2, 0.25) is 5.15 Å². The zero-order valence-electron chi connectivity index (χ0n) is 10.3. The van der Waals surface area contributed by atoms with Crippen LogP contribution in [-0.2, 0) is 4.79 Å². The van der Waals surface area contributed by atoms with Crippen molar-refractivity contribution in [1.29, 1.82) is 0 Å². The van der Waals surface area contributed by atoms with E-state index in [1.807, 2.05) is 6.92 Å². The van der Waals surface area contributed by atoms with Crippen molar-refractivity contribution in [2.45, 2.75) is 13.8 Å². The van der Waals surface area contributed by atoms with Crippen molar-refractivity contribution in [2.24, 2.45) is 0 Å². The number of hydrogen-bond acceptors (Lipinski definition) is 4. The Kier molecular flexibility index (Phi) is 3.29. The molecule has 0 unspecified atom stereocenters. The highest BCUT2D eigenvalue weighted by molar-refractivity contribution is 6.31. The summed E-state index contributed by atoms with van der Waals surface area (Å²) in [6, 6.07) is 0. The predicted molar refractivity (Wildman–Crippen MR) is 68.0 cm³/mol. The lowest BCUT2D eigenvalue weighted by Gasteiger charge is -2.12. The molecule has 18 heavy (non-hydrogen) atoms. The van der Waals surface area contributed by atoms with E-state index in [2.05, 4.69) is 15.1 Å². The zero-order chi connectivity index (χ0) is 13.3. The lowest BCUT2D eigenvalue weighted by molar-refractivity contribution is -0.116. The van der Waals surface area contributed by atoms with Crippen LogP contribution in [0.4, 0.5) is 5.69 Å². The maximum atomic E-state index is 11.3. The van der Waals surface area contributed by atoms with Gasteiger partial charge < -0.3 is 4.90 Å². The molecule has 0 aliphatic carbocycles. The number of rotatable bonds is 2. The van der Waals surface area contributed by atoms with Crippen LogP contribution in [0.25, 0.3) is 5.69 Å². The number of hydrogen-bond donors (Lipinski definition) is 0. The molecule has 0 atom stereocenters. The second-order valence-corrected chi connectivity index (χ2v) is 4.18. The van der Waals surface area contributed by atoms with Crippen molar-refractivity contribution in [3.05, 3.63) is 29.6 Å².